The van der Waals surface area contributed by atoms with Crippen LogP contribution in [-0.2, 0) is 11.5 Å². The van der Waals surface area contributed by atoms with Crippen LogP contribution >= 0.6 is 0 Å². The number of nitrogens with two attached hydrogens (primary N) is 1. The lowest BCUT2D eigenvalue weighted by molar-refractivity contribution is 0.355. The van der Waals surface area contributed by atoms with Gasteiger partial charge in [-0.3, -0.25) is 5.11 Å². The molecule has 0 spiro atoms. The van der Waals surface area contributed by atoms with Gasteiger partial charge in [0, 0.05) is 0 Å². The van der Waals surface area contributed by atoms with Crippen LogP contribution in [0.1, 0.15) is 5.56 Å². The van der Waals surface area contributed by atoms with Gasteiger partial charge in [0.15, 0.2) is 5.75 Å². The molecule has 1 rings (SSSR count). The number of hydrogen-bond acceptors (Lipinski definition) is 1. The fraction of sp³-hybridized carbons (Fsp3) is 0.250. The third kappa shape index (κ3) is 1.74. The van der Waals surface area contributed by atoms with Gasteiger partial charge in [0.1, 0.15) is 0 Å². The molecule has 2 nitrogen and oxygen atoms in total. The Morgan fingerprint density at radius 1 is 1.20 bits per heavy atom. The predicted molar refractivity (Wildman–Crippen MR) is 39.3 cm³/mol. The van der Waals surface area contributed by atoms with Crippen molar-refractivity contribution < 1.29 is 5.11 Å². The van der Waals surface area contributed by atoms with Crippen molar-refractivity contribution in [3.63, 3.8) is 0 Å². The van der Waals surface area contributed by atoms with Gasteiger partial charge >= 0.3 is 0 Å². The molecule has 1 aromatic carbocycles. The Hall–Kier alpha value is -1.02. The molecule has 2 heteroatoms. The van der Waals surface area contributed by atoms with Crippen LogP contribution in [0.4, 0.5) is 0 Å². The molecule has 10 heavy (non-hydrogen) atoms. The summed E-state index contributed by atoms with van der Waals surface area (Å²) in [6.45, 7) is 0.637. The molecule has 0 amide bonds. The fourth-order valence-electron chi connectivity index (χ4n) is 0.823. The Labute approximate surface area is 60.3 Å². The van der Waals surface area contributed by atoms with Crippen molar-refractivity contribution in [3.8, 4) is 5.75 Å². The standard InChI is InChI=1S/C8H10NO/c9-6-5-7-1-3-8(10)4-2-7/h1-4H,5-6,9H2. The molecule has 2 N–H and O–H groups in total. The number of benzene rings is 1. The van der Waals surface area contributed by atoms with E-state index in [0.29, 0.717) is 6.54 Å². The molecule has 0 atom stereocenters. The molecule has 0 fully saturated rings. The molecule has 0 saturated heterocycles. The van der Waals surface area contributed by atoms with E-state index in [4.69, 9.17) is 5.73 Å². The first-order valence-corrected chi connectivity index (χ1v) is 3.29. The second kappa shape index (κ2) is 3.22. The fourth-order valence-corrected chi connectivity index (χ4v) is 0.823. The minimum absolute atomic E-state index is 0.0563. The first-order chi connectivity index (χ1) is 4.83. The van der Waals surface area contributed by atoms with E-state index in [1.165, 1.54) is 0 Å². The van der Waals surface area contributed by atoms with E-state index in [1.807, 2.05) is 12.1 Å². The van der Waals surface area contributed by atoms with Crippen molar-refractivity contribution in [1.29, 1.82) is 0 Å². The van der Waals surface area contributed by atoms with Crippen molar-refractivity contribution in [2.24, 2.45) is 5.73 Å². The third-order valence-electron chi connectivity index (χ3n) is 1.36. The Kier molecular flexibility index (Phi) is 2.29. The summed E-state index contributed by atoms with van der Waals surface area (Å²) >= 11 is 0. The van der Waals surface area contributed by atoms with Gasteiger partial charge in [0.2, 0.25) is 0 Å². The number of hydrogen-bond donors (Lipinski definition) is 1. The van der Waals surface area contributed by atoms with E-state index in [9.17, 15) is 5.11 Å². The van der Waals surface area contributed by atoms with Gasteiger partial charge in [-0.05, 0) is 30.7 Å². The van der Waals surface area contributed by atoms with E-state index >= 15 is 0 Å². The minimum atomic E-state index is 0.0563. The molecule has 1 aromatic rings. The largest absolute Gasteiger partial charge is 0.330 e. The highest BCUT2D eigenvalue weighted by atomic mass is 16.3. The molecular weight excluding hydrogens is 126 g/mol. The minimum Gasteiger partial charge on any atom is -0.330 e. The summed E-state index contributed by atoms with van der Waals surface area (Å²) in [6.07, 6.45) is 0.847. The molecule has 0 bridgehead atoms. The molecule has 0 unspecified atom stereocenters. The molecule has 0 aliphatic rings. The second-order valence-electron chi connectivity index (χ2n) is 2.18. The Morgan fingerprint density at radius 3 is 2.30 bits per heavy atom. The van der Waals surface area contributed by atoms with Crippen molar-refractivity contribution >= 4 is 0 Å². The van der Waals surface area contributed by atoms with Crippen molar-refractivity contribution in [3.05, 3.63) is 29.8 Å². The van der Waals surface area contributed by atoms with Crippen LogP contribution < -0.4 is 5.73 Å². The lowest BCUT2D eigenvalue weighted by atomic mass is 10.1. The van der Waals surface area contributed by atoms with Crippen LogP contribution in [0.3, 0.4) is 0 Å². The molecule has 0 aromatic heterocycles. The third-order valence-corrected chi connectivity index (χ3v) is 1.36. The normalized spacial score (nSPS) is 9.70. The molecular formula is C8H10NO. The average Bonchev–Trinajstić information content (AvgIpc) is 1.95. The van der Waals surface area contributed by atoms with E-state index in [0.717, 1.165) is 12.0 Å². The summed E-state index contributed by atoms with van der Waals surface area (Å²) < 4.78 is 0. The highest BCUT2D eigenvalue weighted by Gasteiger charge is 1.91. The summed E-state index contributed by atoms with van der Waals surface area (Å²) in [4.78, 5) is 0. The lowest BCUT2D eigenvalue weighted by Crippen LogP contribution is -2.01. The Bertz CT molecular complexity index is 193. The van der Waals surface area contributed by atoms with Gasteiger partial charge in [-0.1, -0.05) is 12.1 Å². The Balaban J connectivity index is 2.69. The maximum Gasteiger partial charge on any atom is 0.178 e. The van der Waals surface area contributed by atoms with Crippen molar-refractivity contribution in [2.75, 3.05) is 6.54 Å². The van der Waals surface area contributed by atoms with Gasteiger partial charge < -0.3 is 5.73 Å². The number of rotatable bonds is 2. The van der Waals surface area contributed by atoms with Crippen LogP contribution in [0.25, 0.3) is 0 Å². The van der Waals surface area contributed by atoms with Gasteiger partial charge in [-0.15, -0.1) is 0 Å². The topological polar surface area (TPSA) is 45.9 Å². The Morgan fingerprint density at radius 2 is 1.80 bits per heavy atom. The quantitative estimate of drug-likeness (QED) is 0.655. The zero-order chi connectivity index (χ0) is 7.40. The van der Waals surface area contributed by atoms with Crippen molar-refractivity contribution in [1.82, 2.24) is 0 Å². The van der Waals surface area contributed by atoms with Crippen molar-refractivity contribution in [2.45, 2.75) is 6.42 Å². The monoisotopic (exact) mass is 136 g/mol. The maximum atomic E-state index is 10.6. The average molecular weight is 136 g/mol. The predicted octanol–water partition coefficient (Wildman–Crippen LogP) is 1.33. The highest BCUT2D eigenvalue weighted by molar-refractivity contribution is 5.25. The SMILES string of the molecule is NCCc1ccc([O])cc1. The van der Waals surface area contributed by atoms with E-state index in [1.54, 1.807) is 12.1 Å². The van der Waals surface area contributed by atoms with E-state index in [-0.39, 0.29) is 5.75 Å². The summed E-state index contributed by atoms with van der Waals surface area (Å²) in [5.41, 5.74) is 6.45. The van der Waals surface area contributed by atoms with Crippen LogP contribution in [-0.4, -0.2) is 6.54 Å². The smallest absolute Gasteiger partial charge is 0.178 e. The van der Waals surface area contributed by atoms with E-state index in [2.05, 4.69) is 0 Å². The maximum absolute atomic E-state index is 10.6. The van der Waals surface area contributed by atoms with Crippen LogP contribution in [0.2, 0.25) is 0 Å². The molecule has 0 heterocycles. The van der Waals surface area contributed by atoms with Gasteiger partial charge in [-0.2, -0.15) is 0 Å². The zero-order valence-electron chi connectivity index (χ0n) is 5.71. The summed E-state index contributed by atoms with van der Waals surface area (Å²) in [7, 11) is 0. The molecule has 53 valence electrons. The summed E-state index contributed by atoms with van der Waals surface area (Å²) in [5, 5.41) is 10.6. The summed E-state index contributed by atoms with van der Waals surface area (Å²) in [5.74, 6) is 0.0563. The van der Waals surface area contributed by atoms with Gasteiger partial charge in [-0.25, -0.2) is 0 Å². The van der Waals surface area contributed by atoms with Crippen LogP contribution in [0.15, 0.2) is 24.3 Å². The molecule has 0 aliphatic carbocycles. The van der Waals surface area contributed by atoms with Gasteiger partial charge in [0.25, 0.3) is 0 Å². The van der Waals surface area contributed by atoms with Crippen LogP contribution in [0.5, 0.6) is 5.75 Å². The molecule has 0 saturated carbocycles. The molecule has 0 aliphatic heterocycles. The van der Waals surface area contributed by atoms with Gasteiger partial charge in [0.05, 0.1) is 0 Å². The second-order valence-corrected chi connectivity index (χ2v) is 2.18. The first kappa shape index (κ1) is 7.09. The lowest BCUT2D eigenvalue weighted by Gasteiger charge is -1.95. The zero-order valence-corrected chi connectivity index (χ0v) is 5.71. The van der Waals surface area contributed by atoms with Crippen LogP contribution in [0, 0.1) is 0 Å². The summed E-state index contributed by atoms with van der Waals surface area (Å²) in [6, 6.07) is 6.75. The highest BCUT2D eigenvalue weighted by Crippen LogP contribution is 2.09. The first-order valence-electron chi connectivity index (χ1n) is 3.29. The van der Waals surface area contributed by atoms with E-state index < -0.39 is 0 Å². The molecule has 1 radical (unpaired) electrons.